The first-order valence-electron chi connectivity index (χ1n) is 10.6. The number of nitrogens with zero attached hydrogens (tertiary/aromatic N) is 2. The van der Waals surface area contributed by atoms with Crippen LogP contribution >= 0.6 is 0 Å². The highest BCUT2D eigenvalue weighted by molar-refractivity contribution is 7.89. The van der Waals surface area contributed by atoms with Crippen molar-refractivity contribution in [2.45, 2.75) is 23.9 Å². The average molecular weight is 440 g/mol. The fourth-order valence-electron chi connectivity index (χ4n) is 4.21. The normalized spacial score (nSPS) is 21.7. The van der Waals surface area contributed by atoms with Crippen LogP contribution in [0.5, 0.6) is 0 Å². The summed E-state index contributed by atoms with van der Waals surface area (Å²) < 4.78 is 29.6. The van der Waals surface area contributed by atoms with Crippen molar-refractivity contribution in [3.63, 3.8) is 0 Å². The molecule has 1 heterocycles. The van der Waals surface area contributed by atoms with Crippen LogP contribution in [0.15, 0.2) is 94.8 Å². The van der Waals surface area contributed by atoms with Crippen LogP contribution in [0.2, 0.25) is 0 Å². The van der Waals surface area contributed by atoms with Crippen molar-refractivity contribution in [3.05, 3.63) is 133 Å². The van der Waals surface area contributed by atoms with Gasteiger partial charge in [0.05, 0.1) is 10.9 Å². The fourth-order valence-corrected chi connectivity index (χ4v) is 5.83. The van der Waals surface area contributed by atoms with E-state index < -0.39 is 16.1 Å². The number of sulfonamides is 1. The smallest absolute Gasteiger partial charge is 0.260 e. The molecule has 0 N–H and O–H groups in total. The number of aliphatic imine (C=N–C) groups is 1. The minimum atomic E-state index is -3.87. The molecule has 2 atom stereocenters. The molecule has 0 saturated heterocycles. The SMILES string of the molecule is Cc1ccc(S(=O)(=O)N2C([C]3[CH][CH][CH][CH]3)=N[C@H](c3ccccc3)[C@H]2c2ccccc2)cc1. The molecular weight excluding hydrogens is 416 g/mol. The summed E-state index contributed by atoms with van der Waals surface area (Å²) in [4.78, 5) is 5.27. The second kappa shape index (κ2) is 8.55. The van der Waals surface area contributed by atoms with Crippen LogP contribution in [0, 0.1) is 38.5 Å². The van der Waals surface area contributed by atoms with Gasteiger partial charge in [-0.25, -0.2) is 12.7 Å². The second-order valence-electron chi connectivity index (χ2n) is 7.95. The van der Waals surface area contributed by atoms with E-state index in [1.54, 1.807) is 12.1 Å². The molecule has 3 aromatic rings. The first kappa shape index (κ1) is 21.0. The molecule has 1 saturated carbocycles. The minimum absolute atomic E-state index is 0.261. The van der Waals surface area contributed by atoms with Gasteiger partial charge in [-0.2, -0.15) is 0 Å². The minimum Gasteiger partial charge on any atom is -0.260 e. The summed E-state index contributed by atoms with van der Waals surface area (Å²) in [5, 5.41) is 0. The maximum Gasteiger partial charge on any atom is 0.265 e. The monoisotopic (exact) mass is 439 g/mol. The fraction of sp³-hybridized carbons (Fsp3) is 0.111. The number of hydrogen-bond acceptors (Lipinski definition) is 3. The Labute approximate surface area is 190 Å². The maximum absolute atomic E-state index is 14.1. The standard InChI is InChI=1S/C27H23N2O2S/c1-20-16-18-24(19-17-20)32(30,31)29-26(22-12-6-3-7-13-22)25(21-10-4-2-5-11-21)28-27(29)23-14-8-9-15-23/h2-19,25-26H,1H3/t25-,26-/m1/s1. The van der Waals surface area contributed by atoms with Crippen molar-refractivity contribution in [1.82, 2.24) is 4.31 Å². The molecule has 1 aliphatic heterocycles. The quantitative estimate of drug-likeness (QED) is 0.543. The van der Waals surface area contributed by atoms with Gasteiger partial charge in [-0.3, -0.25) is 4.99 Å². The molecule has 0 unspecified atom stereocenters. The van der Waals surface area contributed by atoms with E-state index in [1.807, 2.05) is 105 Å². The molecule has 5 radical (unpaired) electrons. The predicted molar refractivity (Wildman–Crippen MR) is 126 cm³/mol. The van der Waals surface area contributed by atoms with Crippen LogP contribution < -0.4 is 0 Å². The average Bonchev–Trinajstić information content (AvgIpc) is 3.49. The number of amidine groups is 1. The summed E-state index contributed by atoms with van der Waals surface area (Å²) in [5.41, 5.74) is 2.89. The lowest BCUT2D eigenvalue weighted by molar-refractivity contribution is 0.419. The topological polar surface area (TPSA) is 49.7 Å². The third-order valence-corrected chi connectivity index (χ3v) is 7.59. The Morgan fingerprint density at radius 3 is 1.91 bits per heavy atom. The van der Waals surface area contributed by atoms with Crippen molar-refractivity contribution in [3.8, 4) is 0 Å². The van der Waals surface area contributed by atoms with Crippen molar-refractivity contribution < 1.29 is 8.42 Å². The molecule has 2 aliphatic rings. The molecule has 4 nitrogen and oxygen atoms in total. The van der Waals surface area contributed by atoms with Crippen LogP contribution in [0.1, 0.15) is 28.8 Å². The highest BCUT2D eigenvalue weighted by Gasteiger charge is 2.47. The van der Waals surface area contributed by atoms with E-state index in [2.05, 4.69) is 0 Å². The summed E-state index contributed by atoms with van der Waals surface area (Å²) >= 11 is 0. The van der Waals surface area contributed by atoms with Gasteiger partial charge in [0.25, 0.3) is 10.0 Å². The highest BCUT2D eigenvalue weighted by atomic mass is 32.2. The van der Waals surface area contributed by atoms with Crippen LogP contribution in [-0.4, -0.2) is 18.6 Å². The van der Waals surface area contributed by atoms with Crippen molar-refractivity contribution in [2.75, 3.05) is 0 Å². The summed E-state index contributed by atoms with van der Waals surface area (Å²) in [6, 6.07) is 25.8. The van der Waals surface area contributed by atoms with Crippen molar-refractivity contribution in [1.29, 1.82) is 0 Å². The highest BCUT2D eigenvalue weighted by Crippen LogP contribution is 2.47. The molecular formula is C27H23N2O2S. The second-order valence-corrected chi connectivity index (χ2v) is 9.77. The predicted octanol–water partition coefficient (Wildman–Crippen LogP) is 5.29. The van der Waals surface area contributed by atoms with Gasteiger partial charge >= 0.3 is 0 Å². The third-order valence-electron chi connectivity index (χ3n) is 5.80. The number of benzene rings is 3. The van der Waals surface area contributed by atoms with Crippen LogP contribution in [0.3, 0.4) is 0 Å². The zero-order valence-electron chi connectivity index (χ0n) is 17.7. The largest absolute Gasteiger partial charge is 0.265 e. The van der Waals surface area contributed by atoms with Crippen molar-refractivity contribution >= 4 is 15.9 Å². The van der Waals surface area contributed by atoms with Crippen LogP contribution in [0.4, 0.5) is 0 Å². The van der Waals surface area contributed by atoms with E-state index in [0.29, 0.717) is 5.84 Å². The molecule has 0 aromatic heterocycles. The van der Waals surface area contributed by atoms with Crippen molar-refractivity contribution in [2.24, 2.45) is 4.99 Å². The zero-order valence-corrected chi connectivity index (χ0v) is 18.5. The molecule has 159 valence electrons. The number of aryl methyl sites for hydroxylation is 1. The Bertz CT molecular complexity index is 1200. The van der Waals surface area contributed by atoms with Gasteiger partial charge in [-0.05, 0) is 55.9 Å². The molecule has 32 heavy (non-hydrogen) atoms. The molecule has 0 bridgehead atoms. The number of hydrogen-bond donors (Lipinski definition) is 0. The van der Waals surface area contributed by atoms with E-state index in [9.17, 15) is 8.42 Å². The Hall–Kier alpha value is -2.92. The third kappa shape index (κ3) is 3.75. The Balaban J connectivity index is 1.69. The lowest BCUT2D eigenvalue weighted by Gasteiger charge is -2.31. The van der Waals surface area contributed by atoms with E-state index >= 15 is 0 Å². The summed E-state index contributed by atoms with van der Waals surface area (Å²) in [6.07, 6.45) is 7.63. The zero-order chi connectivity index (χ0) is 22.1. The molecule has 0 spiro atoms. The van der Waals surface area contributed by atoms with E-state index in [-0.39, 0.29) is 10.9 Å². The Morgan fingerprint density at radius 1 is 0.750 bits per heavy atom. The lowest BCUT2D eigenvalue weighted by Crippen LogP contribution is -2.39. The first-order chi connectivity index (χ1) is 15.6. The van der Waals surface area contributed by atoms with Crippen LogP contribution in [-0.2, 0) is 10.0 Å². The van der Waals surface area contributed by atoms with Gasteiger partial charge in [0.1, 0.15) is 11.9 Å². The van der Waals surface area contributed by atoms with Gasteiger partial charge in [0.15, 0.2) is 0 Å². The van der Waals surface area contributed by atoms with Crippen LogP contribution in [0.25, 0.3) is 0 Å². The lowest BCUT2D eigenvalue weighted by atomic mass is 9.95. The molecule has 0 amide bonds. The van der Waals surface area contributed by atoms with Gasteiger partial charge < -0.3 is 0 Å². The Morgan fingerprint density at radius 2 is 1.31 bits per heavy atom. The molecule has 1 aliphatic carbocycles. The molecule has 5 rings (SSSR count). The van der Waals surface area contributed by atoms with E-state index in [0.717, 1.165) is 22.6 Å². The first-order valence-corrected chi connectivity index (χ1v) is 12.0. The van der Waals surface area contributed by atoms with Gasteiger partial charge in [-0.15, -0.1) is 0 Å². The van der Waals surface area contributed by atoms with E-state index in [1.165, 1.54) is 4.31 Å². The molecule has 3 aromatic carbocycles. The summed E-state index contributed by atoms with van der Waals surface area (Å²) in [5.74, 6) is 1.26. The van der Waals surface area contributed by atoms with Gasteiger partial charge in [0.2, 0.25) is 0 Å². The molecule has 5 heteroatoms. The maximum atomic E-state index is 14.1. The molecule has 1 fully saturated rings. The number of rotatable bonds is 5. The van der Waals surface area contributed by atoms with Gasteiger partial charge in [-0.1, -0.05) is 78.4 Å². The van der Waals surface area contributed by atoms with E-state index in [4.69, 9.17) is 4.99 Å². The summed E-state index contributed by atoms with van der Waals surface area (Å²) in [7, 11) is -3.87. The van der Waals surface area contributed by atoms with Gasteiger partial charge in [0, 0.05) is 5.92 Å². The Kier molecular flexibility index (Phi) is 5.60. The summed E-state index contributed by atoms with van der Waals surface area (Å²) in [6.45, 7) is 1.95.